The van der Waals surface area contributed by atoms with Crippen molar-refractivity contribution < 1.29 is 33.0 Å². The van der Waals surface area contributed by atoms with Gasteiger partial charge in [0.15, 0.2) is 0 Å². The zero-order chi connectivity index (χ0) is 31.5. The van der Waals surface area contributed by atoms with Crippen LogP contribution in [-0.4, -0.2) is 68.6 Å². The number of aromatic nitrogens is 3. The Bertz CT molecular complexity index is 1440. The summed E-state index contributed by atoms with van der Waals surface area (Å²) >= 11 is 0. The van der Waals surface area contributed by atoms with Crippen molar-refractivity contribution >= 4 is 17.6 Å². The third kappa shape index (κ3) is 7.57. The highest BCUT2D eigenvalue weighted by atomic mass is 19.3. The van der Waals surface area contributed by atoms with Crippen LogP contribution in [0.4, 0.5) is 20.4 Å². The van der Waals surface area contributed by atoms with Gasteiger partial charge in [0.05, 0.1) is 43.5 Å². The van der Waals surface area contributed by atoms with E-state index >= 15 is 0 Å². The molecule has 1 atom stereocenters. The smallest absolute Gasteiger partial charge is 0.313 e. The Kier molecular flexibility index (Phi) is 9.57. The Morgan fingerprint density at radius 1 is 1.07 bits per heavy atom. The topological polar surface area (TPSA) is 117 Å². The summed E-state index contributed by atoms with van der Waals surface area (Å²) in [5.74, 6) is 0.340. The molecule has 1 aliphatic carbocycles. The number of rotatable bonds is 9. The maximum atomic E-state index is 13.1. The number of carbonyl (C=O) groups excluding carboxylic acids is 1. The SMILES string of the molecule is Cc1cc(Nc2cc(C(F)F)ccn2)nc(-c2ccc([C@](C)(O)[C@H]3CC[C@H](C(=O)OC[N+]4(C)CCC(O)CC4)CC3)nc2)c1. The van der Waals surface area contributed by atoms with E-state index in [-0.39, 0.29) is 35.3 Å². The van der Waals surface area contributed by atoms with E-state index in [9.17, 15) is 23.8 Å². The van der Waals surface area contributed by atoms with Gasteiger partial charge in [-0.3, -0.25) is 14.3 Å². The highest BCUT2D eigenvalue weighted by Gasteiger charge is 2.40. The molecule has 4 heterocycles. The van der Waals surface area contributed by atoms with Crippen LogP contribution in [0.15, 0.2) is 48.8 Å². The number of anilines is 2. The van der Waals surface area contributed by atoms with Gasteiger partial charge in [0, 0.05) is 36.4 Å². The Labute approximate surface area is 256 Å². The number of esters is 1. The van der Waals surface area contributed by atoms with Crippen molar-refractivity contribution in [3.8, 4) is 11.3 Å². The van der Waals surface area contributed by atoms with E-state index in [1.165, 1.54) is 18.3 Å². The summed E-state index contributed by atoms with van der Waals surface area (Å²) in [4.78, 5) is 26.2. The molecule has 1 saturated carbocycles. The monoisotopic (exact) mass is 610 g/mol. The number of pyridine rings is 3. The first-order valence-corrected chi connectivity index (χ1v) is 15.3. The zero-order valence-corrected chi connectivity index (χ0v) is 25.5. The highest BCUT2D eigenvalue weighted by Crippen LogP contribution is 2.41. The van der Waals surface area contributed by atoms with Crippen LogP contribution in [0.25, 0.3) is 11.3 Å². The van der Waals surface area contributed by atoms with Gasteiger partial charge in [-0.05, 0) is 87.4 Å². The zero-order valence-electron chi connectivity index (χ0n) is 25.5. The molecule has 3 aromatic heterocycles. The van der Waals surface area contributed by atoms with Crippen LogP contribution in [0.5, 0.6) is 0 Å². The Morgan fingerprint density at radius 3 is 2.45 bits per heavy atom. The molecule has 0 radical (unpaired) electrons. The van der Waals surface area contributed by atoms with E-state index in [0.717, 1.165) is 37.1 Å². The van der Waals surface area contributed by atoms with Crippen LogP contribution in [0.3, 0.4) is 0 Å². The standard InChI is InChI=1S/C33H42F2N5O4/c1-21-16-27(38-30(17-21)39-29-18-23(31(34)35)10-13-36-29)24-6-9-28(37-19-24)33(2,43)25-7-4-22(5-8-25)32(42)44-20-40(3)14-11-26(41)12-15-40/h6,9-10,13,16-19,22,25-26,31,41,43H,4-5,7-8,11-12,14-15,20H2,1-3H3,(H,36,38,39)/q+1/t22-,25-,26?,33-,40?/m1/s1. The molecule has 0 unspecified atom stereocenters. The van der Waals surface area contributed by atoms with Crippen LogP contribution in [-0.2, 0) is 15.1 Å². The van der Waals surface area contributed by atoms with Gasteiger partial charge in [-0.1, -0.05) is 0 Å². The number of nitrogens with one attached hydrogen (secondary N) is 1. The lowest BCUT2D eigenvalue weighted by Gasteiger charge is -2.39. The Hall–Kier alpha value is -3.54. The molecule has 44 heavy (non-hydrogen) atoms. The molecule has 0 spiro atoms. The van der Waals surface area contributed by atoms with Gasteiger partial charge in [-0.15, -0.1) is 0 Å². The van der Waals surface area contributed by atoms with Crippen molar-refractivity contribution in [3.05, 3.63) is 65.6 Å². The van der Waals surface area contributed by atoms with Crippen molar-refractivity contribution in [2.24, 2.45) is 11.8 Å². The second kappa shape index (κ2) is 13.2. The second-order valence-corrected chi connectivity index (χ2v) is 12.8. The van der Waals surface area contributed by atoms with E-state index in [0.29, 0.717) is 54.1 Å². The summed E-state index contributed by atoms with van der Waals surface area (Å²) in [6.07, 6.45) is 4.27. The van der Waals surface area contributed by atoms with Gasteiger partial charge in [-0.25, -0.2) is 18.7 Å². The summed E-state index contributed by atoms with van der Waals surface area (Å²) in [5.41, 5.74) is 1.56. The van der Waals surface area contributed by atoms with Crippen molar-refractivity contribution in [2.45, 2.75) is 70.5 Å². The largest absolute Gasteiger partial charge is 0.415 e. The highest BCUT2D eigenvalue weighted by molar-refractivity contribution is 5.72. The first kappa shape index (κ1) is 31.9. The summed E-state index contributed by atoms with van der Waals surface area (Å²) in [5, 5.41) is 24.3. The van der Waals surface area contributed by atoms with Crippen molar-refractivity contribution in [1.29, 1.82) is 0 Å². The summed E-state index contributed by atoms with van der Waals surface area (Å²) in [7, 11) is 2.06. The molecule has 0 aromatic carbocycles. The number of quaternary nitrogens is 1. The van der Waals surface area contributed by atoms with Gasteiger partial charge in [0.25, 0.3) is 6.43 Å². The molecule has 1 aliphatic heterocycles. The molecular formula is C33H42F2N5O4+. The van der Waals surface area contributed by atoms with Crippen LogP contribution < -0.4 is 5.32 Å². The number of aliphatic hydroxyl groups is 2. The van der Waals surface area contributed by atoms with Gasteiger partial charge >= 0.3 is 5.97 Å². The number of hydrogen-bond acceptors (Lipinski definition) is 8. The predicted molar refractivity (Wildman–Crippen MR) is 162 cm³/mol. The molecular weight excluding hydrogens is 568 g/mol. The maximum Gasteiger partial charge on any atom is 0.313 e. The molecule has 2 aliphatic rings. The van der Waals surface area contributed by atoms with Gasteiger partial charge in [0.2, 0.25) is 6.73 Å². The minimum Gasteiger partial charge on any atom is -0.415 e. The summed E-state index contributed by atoms with van der Waals surface area (Å²) in [6, 6.07) is 9.95. The molecule has 5 rings (SSSR count). The van der Waals surface area contributed by atoms with Gasteiger partial charge < -0.3 is 20.3 Å². The number of ether oxygens (including phenoxy) is 1. The van der Waals surface area contributed by atoms with Gasteiger partial charge in [0.1, 0.15) is 17.2 Å². The minimum atomic E-state index is -2.59. The molecule has 0 amide bonds. The van der Waals surface area contributed by atoms with Crippen molar-refractivity contribution in [2.75, 3.05) is 32.2 Å². The number of nitrogens with zero attached hydrogens (tertiary/aromatic N) is 4. The van der Waals surface area contributed by atoms with Crippen LogP contribution >= 0.6 is 0 Å². The predicted octanol–water partition coefficient (Wildman–Crippen LogP) is 5.64. The van der Waals surface area contributed by atoms with Crippen LogP contribution in [0, 0.1) is 18.8 Å². The molecule has 3 aromatic rings. The van der Waals surface area contributed by atoms with Gasteiger partial charge in [-0.2, -0.15) is 0 Å². The lowest BCUT2D eigenvalue weighted by molar-refractivity contribution is -0.931. The van der Waals surface area contributed by atoms with Crippen molar-refractivity contribution in [1.82, 2.24) is 15.0 Å². The average molecular weight is 611 g/mol. The number of alkyl halides is 2. The molecule has 11 heteroatoms. The van der Waals surface area contributed by atoms with E-state index < -0.39 is 12.0 Å². The van der Waals surface area contributed by atoms with E-state index in [1.54, 1.807) is 25.3 Å². The fraction of sp³-hybridized carbons (Fsp3) is 0.515. The molecule has 2 fully saturated rings. The first-order chi connectivity index (χ1) is 20.9. The molecule has 236 valence electrons. The summed E-state index contributed by atoms with van der Waals surface area (Å²) in [6.45, 7) is 5.61. The molecule has 0 bridgehead atoms. The number of carbonyl (C=O) groups is 1. The number of piperidine rings is 1. The normalized spacial score (nSPS) is 25.3. The van der Waals surface area contributed by atoms with E-state index in [4.69, 9.17) is 4.74 Å². The lowest BCUT2D eigenvalue weighted by atomic mass is 9.73. The molecule has 3 N–H and O–H groups in total. The quantitative estimate of drug-likeness (QED) is 0.210. The fourth-order valence-corrected chi connectivity index (χ4v) is 6.25. The van der Waals surface area contributed by atoms with Crippen LogP contribution in [0.1, 0.15) is 68.7 Å². The molecule has 1 saturated heterocycles. The molecule has 9 nitrogen and oxygen atoms in total. The van der Waals surface area contributed by atoms with Crippen molar-refractivity contribution in [3.63, 3.8) is 0 Å². The van der Waals surface area contributed by atoms with E-state index in [2.05, 4.69) is 27.3 Å². The summed E-state index contributed by atoms with van der Waals surface area (Å²) < 4.78 is 32.6. The Balaban J connectivity index is 1.19. The maximum absolute atomic E-state index is 13.1. The van der Waals surface area contributed by atoms with Crippen LogP contribution in [0.2, 0.25) is 0 Å². The number of aryl methyl sites for hydroxylation is 1. The number of hydrogen-bond donors (Lipinski definition) is 3. The van der Waals surface area contributed by atoms with E-state index in [1.807, 2.05) is 19.1 Å². The fourth-order valence-electron chi connectivity index (χ4n) is 6.25. The number of halogens is 2. The first-order valence-electron chi connectivity index (χ1n) is 15.3. The second-order valence-electron chi connectivity index (χ2n) is 12.8. The third-order valence-electron chi connectivity index (χ3n) is 9.22. The third-order valence-corrected chi connectivity index (χ3v) is 9.22. The Morgan fingerprint density at radius 2 is 1.80 bits per heavy atom. The average Bonchev–Trinajstić information content (AvgIpc) is 3.01. The number of aliphatic hydroxyl groups excluding tert-OH is 1. The number of likely N-dealkylation sites (tertiary alicyclic amines) is 1. The minimum absolute atomic E-state index is 0.0533. The lowest BCUT2D eigenvalue weighted by Crippen LogP contribution is -2.52.